The molecule has 1 aromatic heterocycles. The Bertz CT molecular complexity index is 324. The summed E-state index contributed by atoms with van der Waals surface area (Å²) in [5, 5.41) is 0. The van der Waals surface area contributed by atoms with Gasteiger partial charge in [0.25, 0.3) is 5.56 Å². The summed E-state index contributed by atoms with van der Waals surface area (Å²) in [6.45, 7) is 0. The Morgan fingerprint density at radius 1 is 1.82 bits per heavy atom. The highest BCUT2D eigenvalue weighted by Crippen LogP contribution is 2.04. The summed E-state index contributed by atoms with van der Waals surface area (Å²) in [4.78, 5) is 14.5. The van der Waals surface area contributed by atoms with E-state index in [4.69, 9.17) is 0 Å². The van der Waals surface area contributed by atoms with Crippen LogP contribution in [0, 0.1) is 0 Å². The molecule has 1 rings (SSSR count). The van der Waals surface area contributed by atoms with E-state index in [0.717, 1.165) is 0 Å². The van der Waals surface area contributed by atoms with E-state index in [1.165, 1.54) is 23.4 Å². The van der Waals surface area contributed by atoms with E-state index < -0.39 is 5.56 Å². The Labute approximate surface area is 70.1 Å². The number of hydrogen-bond acceptors (Lipinski definition) is 3. The molecule has 0 aromatic carbocycles. The van der Waals surface area contributed by atoms with Crippen LogP contribution in [0.3, 0.4) is 0 Å². The molecule has 0 bridgehead atoms. The molecule has 1 aromatic rings. The fourth-order valence-electron chi connectivity index (χ4n) is 0.631. The zero-order valence-electron chi connectivity index (χ0n) is 5.64. The van der Waals surface area contributed by atoms with Crippen molar-refractivity contribution in [2.24, 2.45) is 7.05 Å². The highest BCUT2D eigenvalue weighted by atomic mass is 79.9. The molecule has 0 fully saturated rings. The van der Waals surface area contributed by atoms with Gasteiger partial charge in [0.2, 0.25) is 5.82 Å². The number of nitrogens with one attached hydrogen (secondary N) is 1. The lowest BCUT2D eigenvalue weighted by Crippen LogP contribution is -2.19. The van der Waals surface area contributed by atoms with Gasteiger partial charge in [0.05, 0.1) is 0 Å². The van der Waals surface area contributed by atoms with Crippen LogP contribution in [0.15, 0.2) is 15.6 Å². The van der Waals surface area contributed by atoms with Gasteiger partial charge in [-0.05, 0) is 15.9 Å². The molecule has 0 aliphatic heterocycles. The molecule has 60 valence electrons. The Morgan fingerprint density at radius 3 is 3.00 bits per heavy atom. The van der Waals surface area contributed by atoms with Crippen molar-refractivity contribution < 1.29 is 4.48 Å². The highest BCUT2D eigenvalue weighted by molar-refractivity contribution is 9.10. The van der Waals surface area contributed by atoms with Gasteiger partial charge in [0, 0.05) is 13.2 Å². The summed E-state index contributed by atoms with van der Waals surface area (Å²) in [7, 11) is 1.51. The highest BCUT2D eigenvalue weighted by Gasteiger charge is 2.02. The first-order valence-electron chi connectivity index (χ1n) is 2.75. The molecule has 0 radical (unpaired) electrons. The third-order valence-electron chi connectivity index (χ3n) is 1.13. The smallest absolute Gasteiger partial charge is 0.295 e. The predicted octanol–water partition coefficient (Wildman–Crippen LogP) is 0.839. The molecule has 0 saturated heterocycles. The number of aryl methyl sites for hydroxylation is 1. The Morgan fingerprint density at radius 2 is 2.45 bits per heavy atom. The van der Waals surface area contributed by atoms with E-state index in [1.54, 1.807) is 0 Å². The molecule has 0 unspecified atom stereocenters. The molecule has 0 atom stereocenters. The lowest BCUT2D eigenvalue weighted by molar-refractivity contribution is 0.604. The maximum Gasteiger partial charge on any atom is 0.295 e. The predicted molar refractivity (Wildman–Crippen MR) is 41.9 cm³/mol. The van der Waals surface area contributed by atoms with Crippen LogP contribution in [0.25, 0.3) is 0 Å². The molecule has 0 amide bonds. The van der Waals surface area contributed by atoms with Gasteiger partial charge in [0.1, 0.15) is 4.60 Å². The molecular formula is C5H5BrFN3O. The van der Waals surface area contributed by atoms with Crippen molar-refractivity contribution >= 4 is 21.7 Å². The first-order chi connectivity index (χ1) is 5.15. The molecule has 11 heavy (non-hydrogen) atoms. The second kappa shape index (κ2) is 3.00. The second-order valence-electron chi connectivity index (χ2n) is 1.92. The van der Waals surface area contributed by atoms with E-state index in [1.807, 2.05) is 0 Å². The zero-order chi connectivity index (χ0) is 8.43. The first kappa shape index (κ1) is 8.19. The molecular weight excluding hydrogens is 217 g/mol. The van der Waals surface area contributed by atoms with Crippen LogP contribution < -0.4 is 11.1 Å². The average molecular weight is 222 g/mol. The largest absolute Gasteiger partial charge is 0.313 e. The van der Waals surface area contributed by atoms with Crippen molar-refractivity contribution in [2.75, 3.05) is 5.54 Å². The molecule has 4 nitrogen and oxygen atoms in total. The minimum Gasteiger partial charge on any atom is -0.313 e. The second-order valence-corrected chi connectivity index (χ2v) is 2.74. The third kappa shape index (κ3) is 1.56. The fraction of sp³-hybridized carbons (Fsp3) is 0.200. The molecule has 0 saturated carbocycles. The number of halogens is 2. The molecule has 1 N–H and O–H groups in total. The number of nitrogens with zero attached hydrogens (tertiary/aromatic N) is 2. The van der Waals surface area contributed by atoms with Crippen LogP contribution in [0.2, 0.25) is 0 Å². The summed E-state index contributed by atoms with van der Waals surface area (Å²) >= 11 is 3.01. The van der Waals surface area contributed by atoms with Crippen molar-refractivity contribution in [3.05, 3.63) is 21.2 Å². The zero-order valence-corrected chi connectivity index (χ0v) is 7.22. The van der Waals surface area contributed by atoms with Crippen LogP contribution in [-0.2, 0) is 7.05 Å². The number of anilines is 1. The monoisotopic (exact) mass is 221 g/mol. The maximum atomic E-state index is 11.8. The summed E-state index contributed by atoms with van der Waals surface area (Å²) in [5.41, 5.74) is 0.698. The quantitative estimate of drug-likeness (QED) is 0.716. The van der Waals surface area contributed by atoms with Crippen LogP contribution in [0.4, 0.5) is 10.3 Å². The van der Waals surface area contributed by atoms with Crippen molar-refractivity contribution in [3.8, 4) is 0 Å². The van der Waals surface area contributed by atoms with Crippen LogP contribution in [0.5, 0.6) is 0 Å². The lowest BCUT2D eigenvalue weighted by atomic mass is 10.6. The molecule has 0 aliphatic carbocycles. The topological polar surface area (TPSA) is 46.9 Å². The average Bonchev–Trinajstić information content (AvgIpc) is 1.96. The van der Waals surface area contributed by atoms with Crippen LogP contribution in [0.1, 0.15) is 0 Å². The van der Waals surface area contributed by atoms with E-state index in [9.17, 15) is 9.28 Å². The van der Waals surface area contributed by atoms with Gasteiger partial charge >= 0.3 is 0 Å². The summed E-state index contributed by atoms with van der Waals surface area (Å²) in [5.74, 6) is -0.318. The van der Waals surface area contributed by atoms with E-state index >= 15 is 0 Å². The number of rotatable bonds is 1. The van der Waals surface area contributed by atoms with Crippen molar-refractivity contribution in [1.82, 2.24) is 9.55 Å². The molecule has 1 heterocycles. The van der Waals surface area contributed by atoms with Crippen molar-refractivity contribution in [2.45, 2.75) is 0 Å². The van der Waals surface area contributed by atoms with Crippen molar-refractivity contribution in [1.29, 1.82) is 0 Å². The lowest BCUT2D eigenvalue weighted by Gasteiger charge is -1.99. The molecule has 0 aliphatic rings. The normalized spacial score (nSPS) is 9.73. The van der Waals surface area contributed by atoms with Gasteiger partial charge < -0.3 is 4.57 Å². The van der Waals surface area contributed by atoms with Gasteiger partial charge in [-0.15, -0.1) is 4.48 Å². The van der Waals surface area contributed by atoms with E-state index in [2.05, 4.69) is 20.9 Å². The van der Waals surface area contributed by atoms with Gasteiger partial charge in [-0.1, -0.05) is 0 Å². The first-order valence-corrected chi connectivity index (χ1v) is 3.54. The Kier molecular flexibility index (Phi) is 2.23. The van der Waals surface area contributed by atoms with Gasteiger partial charge in [-0.25, -0.2) is 10.5 Å². The Hall–Kier alpha value is -0.910. The standard InChI is InChI=1S/C5H5BrFN3O/c1-10-2-3(6)8-4(9-7)5(10)11/h2H,1H3,(H,8,9). The van der Waals surface area contributed by atoms with Crippen LogP contribution >= 0.6 is 15.9 Å². The summed E-state index contributed by atoms with van der Waals surface area (Å²) in [6.07, 6.45) is 1.45. The Balaban J connectivity index is 3.37. The van der Waals surface area contributed by atoms with Gasteiger partial charge in [-0.2, -0.15) is 0 Å². The van der Waals surface area contributed by atoms with E-state index in [0.29, 0.717) is 4.60 Å². The van der Waals surface area contributed by atoms with E-state index in [-0.39, 0.29) is 5.82 Å². The number of hydrogen-bond donors (Lipinski definition) is 1. The molecule has 6 heteroatoms. The van der Waals surface area contributed by atoms with Gasteiger partial charge in [-0.3, -0.25) is 4.79 Å². The minimum atomic E-state index is -0.504. The number of aromatic nitrogens is 2. The minimum absolute atomic E-state index is 0.318. The third-order valence-corrected chi connectivity index (χ3v) is 1.51. The van der Waals surface area contributed by atoms with Gasteiger partial charge in [0.15, 0.2) is 0 Å². The fourth-order valence-corrected chi connectivity index (χ4v) is 1.11. The SMILES string of the molecule is Cn1cc(Br)nc(NF)c1=O. The van der Waals surface area contributed by atoms with Crippen LogP contribution in [-0.4, -0.2) is 9.55 Å². The molecule has 0 spiro atoms. The summed E-state index contributed by atoms with van der Waals surface area (Å²) in [6, 6.07) is 0. The maximum absolute atomic E-state index is 11.8. The summed E-state index contributed by atoms with van der Waals surface area (Å²) < 4.78 is 13.4. The van der Waals surface area contributed by atoms with Crippen molar-refractivity contribution in [3.63, 3.8) is 0 Å².